The number of ether oxygens (including phenoxy) is 4. The molecule has 2 fully saturated rings. The molecule has 3 rings (SSSR count). The van der Waals surface area contributed by atoms with Gasteiger partial charge in [-0.3, -0.25) is 23.2 Å². The molecular weight excluding hydrogens is 961 g/mol. The molecule has 1 aromatic rings. The van der Waals surface area contributed by atoms with Gasteiger partial charge in [0.25, 0.3) is 0 Å². The Bertz CT molecular complexity index is 1900. The number of aliphatic hydroxyl groups is 2. The van der Waals surface area contributed by atoms with Crippen LogP contribution in [-0.4, -0.2) is 97.9 Å². The zero-order chi connectivity index (χ0) is 51.7. The number of nitrogens with two attached hydrogens (primary N) is 1. The van der Waals surface area contributed by atoms with E-state index in [1.165, 1.54) is 89.5 Å². The Morgan fingerprint density at radius 3 is 1.90 bits per heavy atom. The highest BCUT2D eigenvalue weighted by atomic mass is 31.3. The van der Waals surface area contributed by atoms with Crippen molar-refractivity contribution in [3.63, 3.8) is 0 Å². The molecular formula is C50H85N3O16P2. The number of hydrogen-bond donors (Lipinski definition) is 5. The molecule has 2 aliphatic rings. The number of carbonyl (C=O) groups excluding carboxylic acids is 2. The number of unbranched alkanes of at least 4 members (excludes halogenated alkanes) is 17. The second-order valence-electron chi connectivity index (χ2n) is 18.4. The molecule has 1 aromatic heterocycles. The molecule has 406 valence electrons. The van der Waals surface area contributed by atoms with Gasteiger partial charge in [0.1, 0.15) is 30.7 Å². The van der Waals surface area contributed by atoms with Crippen molar-refractivity contribution in [1.82, 2.24) is 9.55 Å². The molecule has 4 unspecified atom stereocenters. The SMILES string of the molecule is CCCCCCCCCCCCCCCCCC(=O)O[C@H](COC(=O)CCC/C=C\C/C=C\C/C=C\CC1OC1CCCCC)COP(=O)(O)OP(=O)(O)OC[C@H]1O[C@@H](n2ccc(N)nc2=O)[C@H](O)[C@@H]1O. The third-order valence-corrected chi connectivity index (χ3v) is 14.8. The van der Waals surface area contributed by atoms with Crippen molar-refractivity contribution in [2.24, 2.45) is 0 Å². The average molecular weight is 1050 g/mol. The molecule has 0 radical (unpaired) electrons. The number of allylic oxidation sites excluding steroid dienone is 5. The van der Waals surface area contributed by atoms with Crippen LogP contribution >= 0.6 is 15.6 Å². The number of aromatic nitrogens is 2. The molecule has 21 heteroatoms. The minimum Gasteiger partial charge on any atom is -0.462 e. The Labute approximate surface area is 421 Å². The highest BCUT2D eigenvalue weighted by molar-refractivity contribution is 7.61. The normalized spacial score (nSPS) is 22.3. The van der Waals surface area contributed by atoms with Crippen LogP contribution in [-0.2, 0) is 51.0 Å². The van der Waals surface area contributed by atoms with Crippen LogP contribution in [0.5, 0.6) is 0 Å². The maximum absolute atomic E-state index is 12.9. The zero-order valence-electron chi connectivity index (χ0n) is 42.2. The first-order chi connectivity index (χ1) is 34.1. The number of anilines is 1. The lowest BCUT2D eigenvalue weighted by atomic mass is 10.0. The van der Waals surface area contributed by atoms with E-state index in [2.05, 4.69) is 47.4 Å². The fraction of sp³-hybridized carbons (Fsp3) is 0.760. The summed E-state index contributed by atoms with van der Waals surface area (Å²) in [5.41, 5.74) is 4.59. The zero-order valence-corrected chi connectivity index (χ0v) is 44.0. The van der Waals surface area contributed by atoms with E-state index in [-0.39, 0.29) is 18.7 Å². The predicted molar refractivity (Wildman–Crippen MR) is 270 cm³/mol. The van der Waals surface area contributed by atoms with Crippen LogP contribution in [0.25, 0.3) is 0 Å². The van der Waals surface area contributed by atoms with Crippen molar-refractivity contribution in [2.75, 3.05) is 25.6 Å². The summed E-state index contributed by atoms with van der Waals surface area (Å²) >= 11 is 0. The first kappa shape index (κ1) is 62.2. The van der Waals surface area contributed by atoms with E-state index in [9.17, 15) is 43.5 Å². The second kappa shape index (κ2) is 36.0. The highest BCUT2D eigenvalue weighted by Crippen LogP contribution is 2.60. The molecule has 3 heterocycles. The second-order valence-corrected chi connectivity index (χ2v) is 21.5. The van der Waals surface area contributed by atoms with Gasteiger partial charge in [-0.15, -0.1) is 0 Å². The molecule has 0 spiro atoms. The lowest BCUT2D eigenvalue weighted by Gasteiger charge is -2.21. The van der Waals surface area contributed by atoms with Crippen LogP contribution in [0.3, 0.4) is 0 Å². The lowest BCUT2D eigenvalue weighted by molar-refractivity contribution is -0.161. The van der Waals surface area contributed by atoms with Crippen molar-refractivity contribution in [3.05, 3.63) is 59.2 Å². The molecule has 2 saturated heterocycles. The highest BCUT2D eigenvalue weighted by Gasteiger charge is 2.46. The number of epoxide rings is 1. The van der Waals surface area contributed by atoms with Crippen molar-refractivity contribution >= 4 is 33.4 Å². The molecule has 0 bridgehead atoms. The number of carbonyl (C=O) groups is 2. The molecule has 71 heavy (non-hydrogen) atoms. The third-order valence-electron chi connectivity index (χ3n) is 12.2. The molecule has 2 aliphatic heterocycles. The summed E-state index contributed by atoms with van der Waals surface area (Å²) in [6.07, 6.45) is 32.6. The van der Waals surface area contributed by atoms with Crippen molar-refractivity contribution in [2.45, 2.75) is 224 Å². The summed E-state index contributed by atoms with van der Waals surface area (Å²) in [5, 5.41) is 20.9. The van der Waals surface area contributed by atoms with Crippen molar-refractivity contribution < 1.29 is 71.0 Å². The van der Waals surface area contributed by atoms with E-state index < -0.39 is 83.7 Å². The smallest absolute Gasteiger partial charge is 0.462 e. The van der Waals surface area contributed by atoms with Crippen molar-refractivity contribution in [3.8, 4) is 0 Å². The third kappa shape index (κ3) is 28.3. The van der Waals surface area contributed by atoms with E-state index in [1.54, 1.807) is 0 Å². The van der Waals surface area contributed by atoms with Gasteiger partial charge in [0.15, 0.2) is 12.3 Å². The molecule has 6 N–H and O–H groups in total. The summed E-state index contributed by atoms with van der Waals surface area (Å²) in [4.78, 5) is 61.9. The van der Waals surface area contributed by atoms with Gasteiger partial charge in [-0.1, -0.05) is 159 Å². The standard InChI is InChI=1S/C50H85N3O16P2/c1-3-5-7-8-9-10-11-12-13-14-15-20-23-26-30-34-46(55)66-40(37-63-45(54)33-29-25-22-19-17-16-18-21-24-28-32-42-41(67-42)31-27-6-4-2)38-64-70(59,60)69-71(61,62)65-39-43-47(56)48(57)49(68-43)53-36-35-44(51)52-50(53)58/h16,18-19,22,24,28,35-36,40-43,47-49,56-57H,3-15,17,20-21,23,25-27,29-34,37-39H2,1-2H3,(H,59,60)(H,61,62)(H2,51,52,58)/b18-16-,22-19-,28-24-/t40-,41?,42?,43-,47-,48-,49-/m1/s1. The number of phosphoric ester groups is 2. The Balaban J connectivity index is 1.40. The summed E-state index contributed by atoms with van der Waals surface area (Å²) in [6, 6.07) is 1.25. The van der Waals surface area contributed by atoms with Gasteiger partial charge >= 0.3 is 33.3 Å². The van der Waals surface area contributed by atoms with Crippen LogP contribution < -0.4 is 11.4 Å². The topological polar surface area (TPSA) is 278 Å². The van der Waals surface area contributed by atoms with Gasteiger partial charge in [-0.05, 0) is 51.0 Å². The average Bonchev–Trinajstić information content (AvgIpc) is 4.02. The van der Waals surface area contributed by atoms with E-state index in [1.807, 2.05) is 12.2 Å². The molecule has 0 amide bonds. The quantitative estimate of drug-likeness (QED) is 0.0134. The monoisotopic (exact) mass is 1050 g/mol. The van der Waals surface area contributed by atoms with E-state index in [0.717, 1.165) is 62.1 Å². The minimum atomic E-state index is -5.43. The number of rotatable bonds is 42. The van der Waals surface area contributed by atoms with Gasteiger partial charge < -0.3 is 44.7 Å². The van der Waals surface area contributed by atoms with E-state index in [4.69, 9.17) is 33.7 Å². The number of nitrogens with zero attached hydrogens (tertiary/aromatic N) is 2. The number of aliphatic hydroxyl groups excluding tert-OH is 2. The van der Waals surface area contributed by atoms with Gasteiger partial charge in [-0.25, -0.2) is 13.9 Å². The van der Waals surface area contributed by atoms with Gasteiger partial charge in [0.2, 0.25) is 0 Å². The number of phosphoric acid groups is 2. The fourth-order valence-electron chi connectivity index (χ4n) is 7.99. The molecule has 0 aliphatic carbocycles. The summed E-state index contributed by atoms with van der Waals surface area (Å²) < 4.78 is 62.5. The Hall–Kier alpha value is -3.06. The number of esters is 2. The first-order valence-electron chi connectivity index (χ1n) is 26.1. The fourth-order valence-corrected chi connectivity index (χ4v) is 10.1. The van der Waals surface area contributed by atoms with E-state index in [0.29, 0.717) is 31.5 Å². The first-order valence-corrected chi connectivity index (χ1v) is 29.1. The maximum atomic E-state index is 12.9. The van der Waals surface area contributed by atoms with E-state index >= 15 is 0 Å². The predicted octanol–water partition coefficient (Wildman–Crippen LogP) is 9.77. The number of hydrogen-bond acceptors (Lipinski definition) is 16. The summed E-state index contributed by atoms with van der Waals surface area (Å²) in [7, 11) is -10.9. The molecule has 0 saturated carbocycles. The maximum Gasteiger partial charge on any atom is 0.481 e. The van der Waals surface area contributed by atoms with Crippen LogP contribution in [0, 0.1) is 0 Å². The Morgan fingerprint density at radius 2 is 1.27 bits per heavy atom. The molecule has 19 nitrogen and oxygen atoms in total. The van der Waals surface area contributed by atoms with Crippen LogP contribution in [0.4, 0.5) is 5.82 Å². The van der Waals surface area contributed by atoms with Crippen LogP contribution in [0.2, 0.25) is 0 Å². The van der Waals surface area contributed by atoms with Crippen LogP contribution in [0.15, 0.2) is 53.5 Å². The van der Waals surface area contributed by atoms with Gasteiger partial charge in [0.05, 0.1) is 25.4 Å². The lowest BCUT2D eigenvalue weighted by Crippen LogP contribution is -2.36. The Morgan fingerprint density at radius 1 is 0.704 bits per heavy atom. The number of nitrogen functional groups attached to an aromatic ring is 1. The molecule has 9 atom stereocenters. The Kier molecular flexibility index (Phi) is 31.5. The van der Waals surface area contributed by atoms with Crippen molar-refractivity contribution in [1.29, 1.82) is 0 Å². The van der Waals surface area contributed by atoms with Crippen LogP contribution in [0.1, 0.15) is 187 Å². The minimum absolute atomic E-state index is 0.0392. The largest absolute Gasteiger partial charge is 0.481 e. The summed E-state index contributed by atoms with van der Waals surface area (Å²) in [6.45, 7) is 2.08. The summed E-state index contributed by atoms with van der Waals surface area (Å²) in [5.74, 6) is -1.36. The molecule has 0 aromatic carbocycles. The van der Waals surface area contributed by atoms with Gasteiger partial charge in [-0.2, -0.15) is 9.29 Å². The van der Waals surface area contributed by atoms with Gasteiger partial charge in [0, 0.05) is 19.0 Å².